The number of aromatic nitrogens is 3. The second-order valence-corrected chi connectivity index (χ2v) is 3.25. The predicted molar refractivity (Wildman–Crippen MR) is 45.4 cm³/mol. The molecule has 0 aliphatic carbocycles. The highest BCUT2D eigenvalue weighted by atomic mass is 79.9. The lowest BCUT2D eigenvalue weighted by atomic mass is 10.5. The molecular formula is C7H6BrN3. The molecule has 11 heavy (non-hydrogen) atoms. The van der Waals surface area contributed by atoms with Gasteiger partial charge in [-0.2, -0.15) is 5.10 Å². The van der Waals surface area contributed by atoms with Gasteiger partial charge in [0, 0.05) is 10.7 Å². The molecule has 0 bridgehead atoms. The summed E-state index contributed by atoms with van der Waals surface area (Å²) in [7, 11) is 0. The van der Waals surface area contributed by atoms with Crippen molar-refractivity contribution < 1.29 is 0 Å². The van der Waals surface area contributed by atoms with Crippen LogP contribution in [0.15, 0.2) is 22.9 Å². The summed E-state index contributed by atoms with van der Waals surface area (Å²) in [6, 6.07) is 1.97. The monoisotopic (exact) mass is 211 g/mol. The molecular weight excluding hydrogens is 206 g/mol. The largest absolute Gasteiger partial charge is 0.238 e. The molecule has 0 aliphatic rings. The van der Waals surface area contributed by atoms with Gasteiger partial charge in [-0.05, 0) is 28.9 Å². The van der Waals surface area contributed by atoms with Crippen LogP contribution in [-0.4, -0.2) is 14.6 Å². The lowest BCUT2D eigenvalue weighted by Gasteiger charge is -1.92. The van der Waals surface area contributed by atoms with E-state index >= 15 is 0 Å². The fraction of sp³-hybridized carbons (Fsp3) is 0.143. The van der Waals surface area contributed by atoms with Gasteiger partial charge in [-0.15, -0.1) is 0 Å². The van der Waals surface area contributed by atoms with Gasteiger partial charge in [-0.3, -0.25) is 0 Å². The maximum absolute atomic E-state index is 4.17. The SMILES string of the molecule is Cc1ncc2cc(Br)cn2n1. The van der Waals surface area contributed by atoms with Crippen LogP contribution >= 0.6 is 15.9 Å². The summed E-state index contributed by atoms with van der Waals surface area (Å²) in [5.74, 6) is 0.778. The fourth-order valence-electron chi connectivity index (χ4n) is 0.960. The average molecular weight is 212 g/mol. The molecule has 0 aromatic carbocycles. The third-order valence-electron chi connectivity index (χ3n) is 1.43. The van der Waals surface area contributed by atoms with E-state index in [1.807, 2.05) is 19.2 Å². The molecule has 0 amide bonds. The van der Waals surface area contributed by atoms with Gasteiger partial charge in [-0.25, -0.2) is 9.50 Å². The van der Waals surface area contributed by atoms with Crippen molar-refractivity contribution in [3.05, 3.63) is 28.8 Å². The van der Waals surface area contributed by atoms with E-state index < -0.39 is 0 Å². The van der Waals surface area contributed by atoms with Crippen LogP contribution in [0, 0.1) is 6.92 Å². The van der Waals surface area contributed by atoms with Gasteiger partial charge in [0.25, 0.3) is 0 Å². The second kappa shape index (κ2) is 2.30. The molecule has 56 valence electrons. The van der Waals surface area contributed by atoms with E-state index in [9.17, 15) is 0 Å². The Labute approximate surface area is 72.2 Å². The Balaban J connectivity index is 2.82. The Kier molecular flexibility index (Phi) is 1.42. The standard InChI is InChI=1S/C7H6BrN3/c1-5-9-3-7-2-6(8)4-11(7)10-5/h2-4H,1H3. The third-order valence-corrected chi connectivity index (χ3v) is 1.87. The van der Waals surface area contributed by atoms with Crippen LogP contribution in [0.1, 0.15) is 5.82 Å². The van der Waals surface area contributed by atoms with E-state index in [1.54, 1.807) is 10.7 Å². The van der Waals surface area contributed by atoms with Crippen molar-refractivity contribution in [1.82, 2.24) is 14.6 Å². The maximum Gasteiger partial charge on any atom is 0.146 e. The van der Waals surface area contributed by atoms with Crippen LogP contribution in [0.3, 0.4) is 0 Å². The minimum atomic E-state index is 0.778. The molecule has 0 atom stereocenters. The summed E-state index contributed by atoms with van der Waals surface area (Å²) in [5.41, 5.74) is 1.00. The lowest BCUT2D eigenvalue weighted by Crippen LogP contribution is -1.94. The molecule has 2 heterocycles. The van der Waals surface area contributed by atoms with Gasteiger partial charge in [0.2, 0.25) is 0 Å². The number of nitrogens with zero attached hydrogens (tertiary/aromatic N) is 3. The van der Waals surface area contributed by atoms with Crippen LogP contribution in [0.4, 0.5) is 0 Å². The van der Waals surface area contributed by atoms with Crippen molar-refractivity contribution in [3.8, 4) is 0 Å². The first kappa shape index (κ1) is 6.79. The fourth-order valence-corrected chi connectivity index (χ4v) is 1.39. The zero-order valence-electron chi connectivity index (χ0n) is 5.95. The van der Waals surface area contributed by atoms with Crippen molar-refractivity contribution in [2.24, 2.45) is 0 Å². The number of halogens is 1. The number of hydrogen-bond acceptors (Lipinski definition) is 2. The topological polar surface area (TPSA) is 30.2 Å². The van der Waals surface area contributed by atoms with Crippen molar-refractivity contribution in [3.63, 3.8) is 0 Å². The van der Waals surface area contributed by atoms with Gasteiger partial charge in [0.05, 0.1) is 11.7 Å². The molecule has 4 heteroatoms. The molecule has 0 radical (unpaired) electrons. The summed E-state index contributed by atoms with van der Waals surface area (Å²) in [5, 5.41) is 4.17. The number of aryl methyl sites for hydroxylation is 1. The first-order valence-corrected chi connectivity index (χ1v) is 4.02. The highest BCUT2D eigenvalue weighted by Crippen LogP contribution is 2.13. The highest BCUT2D eigenvalue weighted by molar-refractivity contribution is 9.10. The summed E-state index contributed by atoms with van der Waals surface area (Å²) in [4.78, 5) is 4.07. The van der Waals surface area contributed by atoms with E-state index in [1.165, 1.54) is 0 Å². The minimum absolute atomic E-state index is 0.778. The van der Waals surface area contributed by atoms with Crippen LogP contribution in [-0.2, 0) is 0 Å². The van der Waals surface area contributed by atoms with E-state index in [0.29, 0.717) is 0 Å². The van der Waals surface area contributed by atoms with Gasteiger partial charge in [-0.1, -0.05) is 0 Å². The summed E-state index contributed by atoms with van der Waals surface area (Å²) in [6.45, 7) is 1.87. The Hall–Kier alpha value is -0.900. The zero-order chi connectivity index (χ0) is 7.84. The predicted octanol–water partition coefficient (Wildman–Crippen LogP) is 1.80. The molecule has 2 rings (SSSR count). The molecule has 0 fully saturated rings. The maximum atomic E-state index is 4.17. The molecule has 0 aliphatic heterocycles. The van der Waals surface area contributed by atoms with Crippen molar-refractivity contribution >= 4 is 21.4 Å². The Morgan fingerprint density at radius 1 is 1.55 bits per heavy atom. The third kappa shape index (κ3) is 1.14. The molecule has 0 unspecified atom stereocenters. The van der Waals surface area contributed by atoms with Crippen molar-refractivity contribution in [1.29, 1.82) is 0 Å². The smallest absolute Gasteiger partial charge is 0.146 e. The van der Waals surface area contributed by atoms with Gasteiger partial charge in [0.15, 0.2) is 0 Å². The summed E-state index contributed by atoms with van der Waals surface area (Å²) >= 11 is 3.36. The molecule has 0 spiro atoms. The molecule has 2 aromatic rings. The van der Waals surface area contributed by atoms with E-state index in [4.69, 9.17) is 0 Å². The highest BCUT2D eigenvalue weighted by Gasteiger charge is 1.96. The summed E-state index contributed by atoms with van der Waals surface area (Å²) < 4.78 is 2.82. The normalized spacial score (nSPS) is 10.7. The molecule has 0 saturated heterocycles. The average Bonchev–Trinajstić information content (AvgIpc) is 2.27. The Morgan fingerprint density at radius 2 is 2.36 bits per heavy atom. The van der Waals surface area contributed by atoms with E-state index in [-0.39, 0.29) is 0 Å². The van der Waals surface area contributed by atoms with Crippen molar-refractivity contribution in [2.75, 3.05) is 0 Å². The van der Waals surface area contributed by atoms with Gasteiger partial charge < -0.3 is 0 Å². The van der Waals surface area contributed by atoms with E-state index in [2.05, 4.69) is 26.0 Å². The molecule has 3 nitrogen and oxygen atoms in total. The van der Waals surface area contributed by atoms with Crippen LogP contribution in [0.5, 0.6) is 0 Å². The quantitative estimate of drug-likeness (QED) is 0.666. The number of hydrogen-bond donors (Lipinski definition) is 0. The summed E-state index contributed by atoms with van der Waals surface area (Å²) in [6.07, 6.45) is 3.71. The van der Waals surface area contributed by atoms with Gasteiger partial charge >= 0.3 is 0 Å². The molecule has 2 aromatic heterocycles. The van der Waals surface area contributed by atoms with Crippen molar-refractivity contribution in [2.45, 2.75) is 6.92 Å². The number of fused-ring (bicyclic) bond motifs is 1. The van der Waals surface area contributed by atoms with Crippen LogP contribution in [0.2, 0.25) is 0 Å². The van der Waals surface area contributed by atoms with Crippen LogP contribution < -0.4 is 0 Å². The number of rotatable bonds is 0. The van der Waals surface area contributed by atoms with Crippen LogP contribution in [0.25, 0.3) is 5.52 Å². The zero-order valence-corrected chi connectivity index (χ0v) is 7.54. The van der Waals surface area contributed by atoms with E-state index in [0.717, 1.165) is 15.8 Å². The lowest BCUT2D eigenvalue weighted by molar-refractivity contribution is 0.855. The molecule has 0 saturated carbocycles. The Morgan fingerprint density at radius 3 is 3.18 bits per heavy atom. The minimum Gasteiger partial charge on any atom is -0.238 e. The first-order chi connectivity index (χ1) is 5.25. The van der Waals surface area contributed by atoms with Gasteiger partial charge in [0.1, 0.15) is 5.82 Å². The second-order valence-electron chi connectivity index (χ2n) is 2.33. The first-order valence-electron chi connectivity index (χ1n) is 3.23. The molecule has 0 N–H and O–H groups in total. The Bertz CT molecular complexity index is 393.